The van der Waals surface area contributed by atoms with E-state index >= 15 is 0 Å². The normalized spacial score (nSPS) is 14.3. The summed E-state index contributed by atoms with van der Waals surface area (Å²) in [6, 6.07) is 16.4. The summed E-state index contributed by atoms with van der Waals surface area (Å²) in [5, 5.41) is 4.81. The quantitative estimate of drug-likeness (QED) is 0.519. The van der Waals surface area contributed by atoms with Crippen molar-refractivity contribution in [3.05, 3.63) is 77.0 Å². The average Bonchev–Trinajstić information content (AvgIpc) is 3.24. The highest BCUT2D eigenvalue weighted by Gasteiger charge is 2.30. The van der Waals surface area contributed by atoms with Gasteiger partial charge >= 0.3 is 5.97 Å². The fraction of sp³-hybridized carbons (Fsp3) is 0.370. The number of ether oxygens (including phenoxy) is 1. The number of aromatic nitrogens is 2. The third kappa shape index (κ3) is 5.33. The van der Waals surface area contributed by atoms with E-state index in [-0.39, 0.29) is 17.8 Å². The van der Waals surface area contributed by atoms with E-state index in [4.69, 9.17) is 9.84 Å². The number of hydrogen-bond donors (Lipinski definition) is 0. The van der Waals surface area contributed by atoms with Crippen LogP contribution in [0.1, 0.15) is 46.8 Å². The van der Waals surface area contributed by atoms with E-state index in [0.29, 0.717) is 50.3 Å². The second-order valence-electron chi connectivity index (χ2n) is 8.76. The first-order chi connectivity index (χ1) is 15.9. The minimum absolute atomic E-state index is 0.0389. The maximum atomic E-state index is 13.5. The highest BCUT2D eigenvalue weighted by molar-refractivity contribution is 6.00. The Bertz CT molecular complexity index is 1110. The van der Waals surface area contributed by atoms with Crippen LogP contribution in [0.25, 0.3) is 11.3 Å². The molecule has 4 rings (SSSR count). The summed E-state index contributed by atoms with van der Waals surface area (Å²) in [4.78, 5) is 27.4. The molecule has 0 N–H and O–H groups in total. The van der Waals surface area contributed by atoms with Crippen LogP contribution < -0.4 is 0 Å². The van der Waals surface area contributed by atoms with Gasteiger partial charge in [0.15, 0.2) is 0 Å². The maximum Gasteiger partial charge on any atom is 0.309 e. The Morgan fingerprint density at radius 3 is 2.18 bits per heavy atom. The Kier molecular flexibility index (Phi) is 6.92. The number of likely N-dealkylation sites (tertiary alicyclic amines) is 1. The van der Waals surface area contributed by atoms with Crippen molar-refractivity contribution in [3.63, 3.8) is 0 Å². The molecule has 172 valence electrons. The summed E-state index contributed by atoms with van der Waals surface area (Å²) >= 11 is 0. The minimum Gasteiger partial charge on any atom is -0.466 e. The van der Waals surface area contributed by atoms with Crippen LogP contribution in [0.3, 0.4) is 0 Å². The van der Waals surface area contributed by atoms with E-state index in [1.165, 1.54) is 5.56 Å². The largest absolute Gasteiger partial charge is 0.466 e. The summed E-state index contributed by atoms with van der Waals surface area (Å²) in [5.41, 5.74) is 5.72. The Labute approximate surface area is 195 Å². The number of hydrogen-bond acceptors (Lipinski definition) is 4. The van der Waals surface area contributed by atoms with Crippen LogP contribution in [-0.2, 0) is 16.1 Å². The Morgan fingerprint density at radius 1 is 0.970 bits per heavy atom. The van der Waals surface area contributed by atoms with Gasteiger partial charge in [-0.25, -0.2) is 0 Å². The first kappa shape index (κ1) is 22.8. The van der Waals surface area contributed by atoms with E-state index in [2.05, 4.69) is 31.2 Å². The van der Waals surface area contributed by atoms with Crippen molar-refractivity contribution >= 4 is 11.9 Å². The number of carbonyl (C=O) groups is 2. The molecule has 0 saturated carbocycles. The summed E-state index contributed by atoms with van der Waals surface area (Å²) in [6.07, 6.45) is 3.11. The van der Waals surface area contributed by atoms with E-state index in [0.717, 1.165) is 16.7 Å². The zero-order chi connectivity index (χ0) is 23.4. The molecule has 0 radical (unpaired) electrons. The lowest BCUT2D eigenvalue weighted by molar-refractivity contribution is -0.149. The second kappa shape index (κ2) is 10.0. The zero-order valence-corrected chi connectivity index (χ0v) is 19.6. The van der Waals surface area contributed by atoms with Gasteiger partial charge in [-0.15, -0.1) is 0 Å². The molecule has 0 atom stereocenters. The lowest BCUT2D eigenvalue weighted by Gasteiger charge is -2.30. The molecule has 2 heterocycles. The molecule has 3 aromatic rings. The van der Waals surface area contributed by atoms with Crippen LogP contribution in [0.15, 0.2) is 54.7 Å². The van der Waals surface area contributed by atoms with E-state index < -0.39 is 0 Å². The molecule has 33 heavy (non-hydrogen) atoms. The number of benzene rings is 2. The molecule has 1 aliphatic rings. The molecule has 6 nitrogen and oxygen atoms in total. The third-order valence-corrected chi connectivity index (χ3v) is 6.18. The average molecular weight is 446 g/mol. The number of piperidine rings is 1. The topological polar surface area (TPSA) is 64.4 Å². The summed E-state index contributed by atoms with van der Waals surface area (Å²) < 4.78 is 7.01. The first-order valence-electron chi connectivity index (χ1n) is 11.6. The van der Waals surface area contributed by atoms with E-state index in [1.54, 1.807) is 0 Å². The lowest BCUT2D eigenvalue weighted by atomic mass is 9.96. The molecule has 0 spiro atoms. The van der Waals surface area contributed by atoms with Gasteiger partial charge < -0.3 is 9.64 Å². The Morgan fingerprint density at radius 2 is 1.58 bits per heavy atom. The lowest BCUT2D eigenvalue weighted by Crippen LogP contribution is -2.40. The van der Waals surface area contributed by atoms with Crippen molar-refractivity contribution in [1.82, 2.24) is 14.7 Å². The molecular weight excluding hydrogens is 414 g/mol. The second-order valence-corrected chi connectivity index (χ2v) is 8.76. The van der Waals surface area contributed by atoms with Crippen molar-refractivity contribution in [2.75, 3.05) is 19.7 Å². The van der Waals surface area contributed by atoms with Crippen LogP contribution in [0.4, 0.5) is 0 Å². The van der Waals surface area contributed by atoms with Gasteiger partial charge in [0.1, 0.15) is 5.69 Å². The fourth-order valence-corrected chi connectivity index (χ4v) is 4.21. The monoisotopic (exact) mass is 445 g/mol. The Hall–Kier alpha value is -3.41. The van der Waals surface area contributed by atoms with Gasteiger partial charge in [0.05, 0.1) is 24.6 Å². The smallest absolute Gasteiger partial charge is 0.309 e. The summed E-state index contributed by atoms with van der Waals surface area (Å²) in [5.74, 6) is -0.325. The summed E-state index contributed by atoms with van der Waals surface area (Å²) in [6.45, 7) is 7.99. The molecule has 6 heteroatoms. The van der Waals surface area contributed by atoms with Crippen molar-refractivity contribution in [2.24, 2.45) is 5.92 Å². The molecule has 2 aromatic carbocycles. The first-order valence-corrected chi connectivity index (χ1v) is 11.6. The van der Waals surface area contributed by atoms with E-state index in [1.807, 2.05) is 53.9 Å². The predicted octanol–water partition coefficient (Wildman–Crippen LogP) is 4.63. The number of carbonyl (C=O) groups excluding carboxylic acids is 2. The van der Waals surface area contributed by atoms with Gasteiger partial charge in [-0.2, -0.15) is 5.10 Å². The number of amides is 1. The molecule has 0 aliphatic carbocycles. The molecule has 1 saturated heterocycles. The summed E-state index contributed by atoms with van der Waals surface area (Å²) in [7, 11) is 0. The van der Waals surface area contributed by atoms with Crippen LogP contribution in [-0.4, -0.2) is 46.3 Å². The maximum absolute atomic E-state index is 13.5. The molecule has 0 bridgehead atoms. The molecule has 1 aliphatic heterocycles. The van der Waals surface area contributed by atoms with Crippen molar-refractivity contribution in [3.8, 4) is 11.3 Å². The van der Waals surface area contributed by atoms with Gasteiger partial charge in [-0.1, -0.05) is 59.7 Å². The van der Waals surface area contributed by atoms with Gasteiger partial charge in [0.2, 0.25) is 0 Å². The molecule has 1 amide bonds. The van der Waals surface area contributed by atoms with Crippen LogP contribution in [0.5, 0.6) is 0 Å². The number of nitrogens with zero attached hydrogens (tertiary/aromatic N) is 3. The third-order valence-electron chi connectivity index (χ3n) is 6.18. The van der Waals surface area contributed by atoms with Crippen LogP contribution in [0, 0.1) is 19.8 Å². The van der Waals surface area contributed by atoms with Crippen molar-refractivity contribution in [2.45, 2.75) is 40.2 Å². The van der Waals surface area contributed by atoms with Gasteiger partial charge in [-0.3, -0.25) is 14.3 Å². The SMILES string of the molecule is CCOC(=O)C1CCN(C(=O)c2cn(Cc3ccc(C)cc3)nc2-c2ccc(C)cc2)CC1. The van der Waals surface area contributed by atoms with Crippen molar-refractivity contribution in [1.29, 1.82) is 0 Å². The number of esters is 1. The van der Waals surface area contributed by atoms with Crippen LogP contribution in [0.2, 0.25) is 0 Å². The van der Waals surface area contributed by atoms with Gasteiger partial charge in [0, 0.05) is 24.8 Å². The Balaban J connectivity index is 1.58. The highest BCUT2D eigenvalue weighted by atomic mass is 16.5. The zero-order valence-electron chi connectivity index (χ0n) is 19.6. The fourth-order valence-electron chi connectivity index (χ4n) is 4.21. The standard InChI is InChI=1S/C27H31N3O3/c1-4-33-27(32)23-13-15-29(16-14-23)26(31)24-18-30(17-21-9-5-19(2)6-10-21)28-25(24)22-11-7-20(3)8-12-22/h5-12,18,23H,4,13-17H2,1-3H3. The minimum atomic E-state index is -0.157. The highest BCUT2D eigenvalue weighted by Crippen LogP contribution is 2.27. The molecule has 0 unspecified atom stereocenters. The molecular formula is C27H31N3O3. The van der Waals surface area contributed by atoms with E-state index in [9.17, 15) is 9.59 Å². The predicted molar refractivity (Wildman–Crippen MR) is 128 cm³/mol. The molecule has 1 fully saturated rings. The van der Waals surface area contributed by atoms with Crippen LogP contribution >= 0.6 is 0 Å². The number of rotatable bonds is 6. The van der Waals surface area contributed by atoms with Gasteiger partial charge in [-0.05, 0) is 39.2 Å². The van der Waals surface area contributed by atoms with Crippen molar-refractivity contribution < 1.29 is 14.3 Å². The van der Waals surface area contributed by atoms with Gasteiger partial charge in [0.25, 0.3) is 5.91 Å². The number of aryl methyl sites for hydroxylation is 2. The molecule has 1 aromatic heterocycles.